The predicted octanol–water partition coefficient (Wildman–Crippen LogP) is 8.13. The van der Waals surface area contributed by atoms with Crippen molar-refractivity contribution in [2.24, 2.45) is 0 Å². The minimum atomic E-state index is -1.71. The monoisotopic (exact) mass is 967 g/mol. The Morgan fingerprint density at radius 2 is 0.926 bits per heavy atom. The van der Waals surface area contributed by atoms with Gasteiger partial charge in [-0.2, -0.15) is 0 Å². The highest BCUT2D eigenvalue weighted by Gasteiger charge is 2.47. The van der Waals surface area contributed by atoms with Crippen LogP contribution >= 0.6 is 0 Å². The van der Waals surface area contributed by atoms with Crippen LogP contribution in [0.15, 0.2) is 60.8 Å². The van der Waals surface area contributed by atoms with E-state index in [1.165, 1.54) is 51.4 Å². The molecule has 2 aliphatic rings. The van der Waals surface area contributed by atoms with Gasteiger partial charge in [0.15, 0.2) is 12.6 Å². The van der Waals surface area contributed by atoms with Gasteiger partial charge in [-0.1, -0.05) is 152 Å². The summed E-state index contributed by atoms with van der Waals surface area (Å²) < 4.78 is 34.3. The molecular formula is C54H94O14. The molecule has 7 N–H and O–H groups in total. The van der Waals surface area contributed by atoms with Crippen molar-refractivity contribution in [2.45, 2.75) is 242 Å². The Balaban J connectivity index is 1.77. The van der Waals surface area contributed by atoms with Gasteiger partial charge in [0.2, 0.25) is 0 Å². The van der Waals surface area contributed by atoms with E-state index < -0.39 is 86.7 Å². The Bertz CT molecular complexity index is 1350. The van der Waals surface area contributed by atoms with E-state index in [4.69, 9.17) is 28.4 Å². The largest absolute Gasteiger partial charge is 0.457 e. The minimum absolute atomic E-state index is 0.0464. The number of aliphatic hydroxyl groups is 7. The van der Waals surface area contributed by atoms with Crippen LogP contribution in [0.4, 0.5) is 0 Å². The molecule has 0 bridgehead atoms. The number of ether oxygens (including phenoxy) is 6. The molecule has 0 aliphatic carbocycles. The molecule has 0 saturated carbocycles. The van der Waals surface area contributed by atoms with Gasteiger partial charge >= 0.3 is 5.97 Å². The van der Waals surface area contributed by atoms with Gasteiger partial charge in [0, 0.05) is 13.0 Å². The summed E-state index contributed by atoms with van der Waals surface area (Å²) in [5.41, 5.74) is 0. The third kappa shape index (κ3) is 28.5. The molecule has 394 valence electrons. The minimum Gasteiger partial charge on any atom is -0.457 e. The number of allylic oxidation sites excluding steroid dienone is 10. The maximum absolute atomic E-state index is 13.0. The number of hydrogen-bond acceptors (Lipinski definition) is 14. The van der Waals surface area contributed by atoms with E-state index in [0.717, 1.165) is 96.3 Å². The van der Waals surface area contributed by atoms with Crippen molar-refractivity contribution in [1.82, 2.24) is 0 Å². The van der Waals surface area contributed by atoms with Crippen LogP contribution in [-0.4, -0.2) is 142 Å². The van der Waals surface area contributed by atoms with Gasteiger partial charge in [-0.05, 0) is 77.0 Å². The zero-order valence-corrected chi connectivity index (χ0v) is 41.8. The first-order chi connectivity index (χ1) is 33.1. The topological polar surface area (TPSA) is 214 Å². The van der Waals surface area contributed by atoms with Crippen molar-refractivity contribution in [3.05, 3.63) is 60.8 Å². The maximum atomic E-state index is 13.0. The van der Waals surface area contributed by atoms with Crippen LogP contribution in [0.3, 0.4) is 0 Å². The Hall–Kier alpha value is -2.31. The van der Waals surface area contributed by atoms with Crippen LogP contribution in [0.1, 0.15) is 174 Å². The second-order valence-electron chi connectivity index (χ2n) is 18.3. The molecule has 11 atom stereocenters. The molecule has 0 amide bonds. The summed E-state index contributed by atoms with van der Waals surface area (Å²) in [5, 5.41) is 72.2. The molecule has 14 heteroatoms. The van der Waals surface area contributed by atoms with Crippen LogP contribution in [0, 0.1) is 0 Å². The van der Waals surface area contributed by atoms with E-state index in [1.54, 1.807) is 0 Å². The van der Waals surface area contributed by atoms with Crippen LogP contribution in [0.25, 0.3) is 0 Å². The molecule has 11 unspecified atom stereocenters. The fraction of sp³-hybridized carbons (Fsp3) is 0.796. The lowest BCUT2D eigenvalue weighted by molar-refractivity contribution is -0.332. The first-order valence-electron chi connectivity index (χ1n) is 26.4. The van der Waals surface area contributed by atoms with Gasteiger partial charge in [-0.15, -0.1) is 0 Å². The third-order valence-corrected chi connectivity index (χ3v) is 12.2. The van der Waals surface area contributed by atoms with Crippen molar-refractivity contribution >= 4 is 5.97 Å². The zero-order chi connectivity index (χ0) is 49.5. The first kappa shape index (κ1) is 61.8. The van der Waals surface area contributed by atoms with Gasteiger partial charge in [-0.3, -0.25) is 4.79 Å². The normalized spacial score (nSPS) is 26.4. The average molecular weight is 967 g/mol. The lowest BCUT2D eigenvalue weighted by Crippen LogP contribution is -2.61. The summed E-state index contributed by atoms with van der Waals surface area (Å²) in [6, 6.07) is 0. The standard InChI is InChI=1S/C54H94O14/c1-3-5-7-9-11-13-15-17-19-20-21-22-23-25-27-29-31-33-35-37-46(56)66-43(40-63-38-36-34-32-30-28-26-24-18-16-14-12-10-8-6-4-2)41-64-53-52(62)50(60)48(58)45(68-53)42-65-54-51(61)49(59)47(57)44(39-55)67-54/h10-13,16-19,21-22,43-45,47-55,57-62H,3-9,14-15,20,23-42H2,1-2H3/b12-10-,13-11-,18-16-,19-17-,22-21-. The van der Waals surface area contributed by atoms with Crippen LogP contribution in [0.5, 0.6) is 0 Å². The first-order valence-corrected chi connectivity index (χ1v) is 26.4. The van der Waals surface area contributed by atoms with Gasteiger partial charge in [-0.25, -0.2) is 0 Å². The van der Waals surface area contributed by atoms with Gasteiger partial charge < -0.3 is 64.2 Å². The molecule has 2 aliphatic heterocycles. The molecule has 2 heterocycles. The van der Waals surface area contributed by atoms with E-state index in [1.807, 2.05) is 0 Å². The molecule has 2 saturated heterocycles. The highest BCUT2D eigenvalue weighted by atomic mass is 16.7. The average Bonchev–Trinajstić information content (AvgIpc) is 3.33. The maximum Gasteiger partial charge on any atom is 0.306 e. The summed E-state index contributed by atoms with van der Waals surface area (Å²) >= 11 is 0. The highest BCUT2D eigenvalue weighted by molar-refractivity contribution is 5.69. The Kier molecular flexibility index (Phi) is 37.6. The fourth-order valence-corrected chi connectivity index (χ4v) is 7.90. The fourth-order valence-electron chi connectivity index (χ4n) is 7.90. The number of rotatable bonds is 41. The summed E-state index contributed by atoms with van der Waals surface area (Å²) in [6.45, 7) is 3.57. The van der Waals surface area contributed by atoms with E-state index in [2.05, 4.69) is 74.6 Å². The van der Waals surface area contributed by atoms with Gasteiger partial charge in [0.05, 0.1) is 26.4 Å². The van der Waals surface area contributed by atoms with E-state index in [0.29, 0.717) is 13.0 Å². The molecule has 14 nitrogen and oxygen atoms in total. The summed E-state index contributed by atoms with van der Waals surface area (Å²) in [4.78, 5) is 13.0. The molecular weight excluding hydrogens is 873 g/mol. The van der Waals surface area contributed by atoms with E-state index >= 15 is 0 Å². The van der Waals surface area contributed by atoms with Crippen LogP contribution in [-0.2, 0) is 33.2 Å². The molecule has 68 heavy (non-hydrogen) atoms. The Labute approximate surface area is 409 Å². The number of unbranched alkanes of at least 4 members (excludes halogenated alkanes) is 17. The Morgan fingerprint density at radius 1 is 0.485 bits per heavy atom. The number of esters is 1. The van der Waals surface area contributed by atoms with E-state index in [-0.39, 0.29) is 19.6 Å². The second-order valence-corrected chi connectivity index (χ2v) is 18.3. The molecule has 0 aromatic rings. The Morgan fingerprint density at radius 3 is 1.47 bits per heavy atom. The van der Waals surface area contributed by atoms with Crippen LogP contribution in [0.2, 0.25) is 0 Å². The SMILES string of the molecule is CCCC/C=C\C/C=C\CCCCCCCCOCC(COC1OC(COC2OC(CO)C(O)C(O)C2O)C(O)C(O)C1O)OC(=O)CCCCCCCC/C=C\C/C=C\C/C=C\CCCCC. The van der Waals surface area contributed by atoms with Gasteiger partial charge in [0.25, 0.3) is 0 Å². The number of aliphatic hydroxyl groups excluding tert-OH is 7. The predicted molar refractivity (Wildman–Crippen MR) is 266 cm³/mol. The molecule has 0 spiro atoms. The number of carbonyl (C=O) groups is 1. The summed E-state index contributed by atoms with van der Waals surface area (Å²) in [6.07, 6.45) is 32.7. The van der Waals surface area contributed by atoms with Crippen molar-refractivity contribution < 1.29 is 69.0 Å². The zero-order valence-electron chi connectivity index (χ0n) is 41.8. The molecule has 0 aromatic carbocycles. The number of hydrogen-bond donors (Lipinski definition) is 7. The lowest BCUT2D eigenvalue weighted by Gasteiger charge is -2.42. The summed E-state index contributed by atoms with van der Waals surface area (Å²) in [5.74, 6) is -0.394. The lowest BCUT2D eigenvalue weighted by atomic mass is 9.98. The molecule has 2 fully saturated rings. The van der Waals surface area contributed by atoms with Crippen LogP contribution < -0.4 is 0 Å². The third-order valence-electron chi connectivity index (χ3n) is 12.2. The molecule has 0 aromatic heterocycles. The quantitative estimate of drug-likeness (QED) is 0.0175. The molecule has 2 rings (SSSR count). The smallest absolute Gasteiger partial charge is 0.306 e. The second kappa shape index (κ2) is 41.3. The van der Waals surface area contributed by atoms with Crippen molar-refractivity contribution in [3.63, 3.8) is 0 Å². The van der Waals surface area contributed by atoms with Crippen molar-refractivity contribution in [3.8, 4) is 0 Å². The highest BCUT2D eigenvalue weighted by Crippen LogP contribution is 2.26. The van der Waals surface area contributed by atoms with E-state index in [9.17, 15) is 40.5 Å². The summed E-state index contributed by atoms with van der Waals surface area (Å²) in [7, 11) is 0. The van der Waals surface area contributed by atoms with Gasteiger partial charge in [0.1, 0.15) is 54.9 Å². The number of carbonyl (C=O) groups excluding carboxylic acids is 1. The van der Waals surface area contributed by atoms with Crippen molar-refractivity contribution in [1.29, 1.82) is 0 Å². The van der Waals surface area contributed by atoms with Crippen molar-refractivity contribution in [2.75, 3.05) is 33.0 Å². The molecule has 0 radical (unpaired) electrons.